The molecule has 1 fully saturated rings. The fourth-order valence-corrected chi connectivity index (χ4v) is 4.59. The molecule has 0 radical (unpaired) electrons. The molecule has 3 atom stereocenters. The highest BCUT2D eigenvalue weighted by Gasteiger charge is 2.38. The number of carbonyl (C=O) groups is 3. The van der Waals surface area contributed by atoms with E-state index in [-0.39, 0.29) is 29.8 Å². The Morgan fingerprint density at radius 1 is 1.03 bits per heavy atom. The number of carbonyl (C=O) groups excluding carboxylic acids is 3. The van der Waals surface area contributed by atoms with Crippen molar-refractivity contribution in [3.8, 4) is 0 Å². The number of nitrogens with one attached hydrogen (secondary N) is 1. The monoisotopic (exact) mass is 500 g/mol. The lowest BCUT2D eigenvalue weighted by molar-refractivity contribution is -0.145. The minimum absolute atomic E-state index is 0.0776. The lowest BCUT2D eigenvalue weighted by atomic mass is 9.94. The minimum Gasteiger partial charge on any atom is -0.460 e. The Morgan fingerprint density at radius 3 is 2.25 bits per heavy atom. The summed E-state index contributed by atoms with van der Waals surface area (Å²) in [5.41, 5.74) is 1.03. The van der Waals surface area contributed by atoms with E-state index >= 15 is 0 Å². The van der Waals surface area contributed by atoms with Gasteiger partial charge in [0.15, 0.2) is 0 Å². The van der Waals surface area contributed by atoms with Gasteiger partial charge in [0.2, 0.25) is 0 Å². The van der Waals surface area contributed by atoms with Crippen molar-refractivity contribution < 1.29 is 27.9 Å². The Hall–Kier alpha value is -3.29. The average molecular weight is 501 g/mol. The summed E-state index contributed by atoms with van der Waals surface area (Å²) in [5, 5.41) is 2.89. The van der Waals surface area contributed by atoms with Gasteiger partial charge >= 0.3 is 5.97 Å². The molecule has 0 saturated carbocycles. The zero-order valence-corrected chi connectivity index (χ0v) is 21.1. The molecule has 0 bridgehead atoms. The maximum atomic E-state index is 13.8. The molecular weight excluding hydrogens is 466 g/mol. The zero-order chi connectivity index (χ0) is 26.2. The van der Waals surface area contributed by atoms with Crippen LogP contribution in [-0.2, 0) is 16.0 Å². The third-order valence-electron chi connectivity index (χ3n) is 6.40. The second-order valence-corrected chi connectivity index (χ2v) is 9.25. The van der Waals surface area contributed by atoms with Crippen LogP contribution in [-0.4, -0.2) is 47.9 Å². The molecule has 0 aliphatic carbocycles. The van der Waals surface area contributed by atoms with Crippen molar-refractivity contribution >= 4 is 17.8 Å². The summed E-state index contributed by atoms with van der Waals surface area (Å²) in [5.74, 6) is -2.68. The van der Waals surface area contributed by atoms with Crippen molar-refractivity contribution in [3.63, 3.8) is 0 Å². The van der Waals surface area contributed by atoms with Crippen molar-refractivity contribution in [2.24, 2.45) is 5.92 Å². The van der Waals surface area contributed by atoms with Gasteiger partial charge in [-0.15, -0.1) is 0 Å². The average Bonchev–Trinajstić information content (AvgIpc) is 3.23. The maximum Gasteiger partial charge on any atom is 0.309 e. The van der Waals surface area contributed by atoms with Gasteiger partial charge in [-0.1, -0.05) is 26.8 Å². The highest BCUT2D eigenvalue weighted by Crippen LogP contribution is 2.28. The van der Waals surface area contributed by atoms with Crippen molar-refractivity contribution in [1.82, 2.24) is 10.2 Å². The van der Waals surface area contributed by atoms with E-state index in [2.05, 4.69) is 5.32 Å². The minimum atomic E-state index is -0.722. The van der Waals surface area contributed by atoms with Crippen LogP contribution in [0, 0.1) is 17.6 Å². The number of hydrogen-bond acceptors (Lipinski definition) is 4. The van der Waals surface area contributed by atoms with E-state index in [1.807, 2.05) is 20.8 Å². The molecule has 2 amide bonds. The predicted molar refractivity (Wildman–Crippen MR) is 133 cm³/mol. The molecule has 8 heteroatoms. The fraction of sp³-hybridized carbons (Fsp3) is 0.464. The third kappa shape index (κ3) is 6.89. The molecule has 2 aromatic rings. The summed E-state index contributed by atoms with van der Waals surface area (Å²) in [7, 11) is 0. The highest BCUT2D eigenvalue weighted by molar-refractivity contribution is 5.99. The summed E-state index contributed by atoms with van der Waals surface area (Å²) in [6.07, 6.45) is 2.10. The summed E-state index contributed by atoms with van der Waals surface area (Å²) in [6.45, 7) is 7.14. The van der Waals surface area contributed by atoms with Crippen LogP contribution >= 0.6 is 0 Å². The van der Waals surface area contributed by atoms with Gasteiger partial charge in [-0.25, -0.2) is 8.78 Å². The molecule has 36 heavy (non-hydrogen) atoms. The van der Waals surface area contributed by atoms with E-state index < -0.39 is 29.7 Å². The molecule has 3 rings (SSSR count). The van der Waals surface area contributed by atoms with Crippen molar-refractivity contribution in [2.75, 3.05) is 13.1 Å². The smallest absolute Gasteiger partial charge is 0.309 e. The summed E-state index contributed by atoms with van der Waals surface area (Å²) in [4.78, 5) is 40.2. The first-order chi connectivity index (χ1) is 17.2. The normalized spacial score (nSPS) is 18.0. The number of rotatable bonds is 11. The number of amides is 2. The van der Waals surface area contributed by atoms with Gasteiger partial charge in [0, 0.05) is 30.3 Å². The van der Waals surface area contributed by atoms with E-state index in [1.165, 1.54) is 12.1 Å². The molecule has 1 aliphatic heterocycles. The number of ether oxygens (including phenoxy) is 1. The van der Waals surface area contributed by atoms with Crippen LogP contribution in [0.25, 0.3) is 0 Å². The first kappa shape index (κ1) is 27.3. The summed E-state index contributed by atoms with van der Waals surface area (Å²) < 4.78 is 33.2. The lowest BCUT2D eigenvalue weighted by Crippen LogP contribution is -2.45. The Morgan fingerprint density at radius 2 is 1.67 bits per heavy atom. The van der Waals surface area contributed by atoms with Crippen molar-refractivity contribution in [3.05, 3.63) is 70.8 Å². The summed E-state index contributed by atoms with van der Waals surface area (Å²) >= 11 is 0. The van der Waals surface area contributed by atoms with Gasteiger partial charge in [0.05, 0.1) is 12.0 Å². The zero-order valence-electron chi connectivity index (χ0n) is 21.1. The van der Waals surface area contributed by atoms with E-state index in [9.17, 15) is 23.2 Å². The van der Waals surface area contributed by atoms with Gasteiger partial charge in [-0.3, -0.25) is 14.4 Å². The fourth-order valence-electron chi connectivity index (χ4n) is 4.59. The first-order valence-electron chi connectivity index (χ1n) is 12.6. The largest absolute Gasteiger partial charge is 0.460 e. The van der Waals surface area contributed by atoms with Crippen LogP contribution < -0.4 is 5.32 Å². The second-order valence-electron chi connectivity index (χ2n) is 9.25. The van der Waals surface area contributed by atoms with Gasteiger partial charge in [-0.2, -0.15) is 0 Å². The number of esters is 1. The maximum absolute atomic E-state index is 13.8. The number of nitrogens with zero attached hydrogens (tertiary/aromatic N) is 1. The topological polar surface area (TPSA) is 75.7 Å². The molecule has 0 aromatic heterocycles. The van der Waals surface area contributed by atoms with Crippen LogP contribution in [0.4, 0.5) is 8.78 Å². The number of hydrogen-bond donors (Lipinski definition) is 1. The number of benzene rings is 2. The third-order valence-corrected chi connectivity index (χ3v) is 6.40. The molecule has 194 valence electrons. The van der Waals surface area contributed by atoms with Gasteiger partial charge in [0.25, 0.3) is 11.8 Å². The van der Waals surface area contributed by atoms with Crippen LogP contribution in [0.5, 0.6) is 0 Å². The molecule has 0 spiro atoms. The molecule has 1 heterocycles. The molecule has 0 unspecified atom stereocenters. The van der Waals surface area contributed by atoms with E-state index in [0.29, 0.717) is 37.1 Å². The molecular formula is C28H34F2N2O4. The standard InChI is InChI=1S/C28H34F2N2O4/c1-4-10-32(11-5-2)27(34)21-9-7-8-20(15-21)26(33)31-24(25-16-19(6-3)28(35)36-25)14-18-12-22(29)17-23(30)13-18/h7-9,12-13,15,17,19,24-25H,4-6,10-11,14,16H2,1-3H3,(H,31,33)/t19-,24+,25+/m1/s1. The van der Waals surface area contributed by atoms with Gasteiger partial charge < -0.3 is 15.0 Å². The molecule has 6 nitrogen and oxygen atoms in total. The number of cyclic esters (lactones) is 1. The first-order valence-corrected chi connectivity index (χ1v) is 12.6. The molecule has 1 aliphatic rings. The Balaban J connectivity index is 1.83. The molecule has 2 aromatic carbocycles. The SMILES string of the molecule is CCCN(CCC)C(=O)c1cccc(C(=O)N[C@@H](Cc2cc(F)cc(F)c2)[C@@H]2C[C@@H](CC)C(=O)O2)c1. The molecule has 1 saturated heterocycles. The van der Waals surface area contributed by atoms with Crippen LogP contribution in [0.15, 0.2) is 42.5 Å². The lowest BCUT2D eigenvalue weighted by Gasteiger charge is -2.25. The van der Waals surface area contributed by atoms with Gasteiger partial charge in [-0.05, 0) is 68.0 Å². The van der Waals surface area contributed by atoms with E-state index in [0.717, 1.165) is 18.9 Å². The van der Waals surface area contributed by atoms with Crippen molar-refractivity contribution in [1.29, 1.82) is 0 Å². The Labute approximate surface area is 211 Å². The molecule has 1 N–H and O–H groups in total. The van der Waals surface area contributed by atoms with Crippen molar-refractivity contribution in [2.45, 2.75) is 65.0 Å². The highest BCUT2D eigenvalue weighted by atomic mass is 19.1. The quantitative estimate of drug-likeness (QED) is 0.445. The van der Waals surface area contributed by atoms with Crippen LogP contribution in [0.3, 0.4) is 0 Å². The van der Waals surface area contributed by atoms with Crippen LogP contribution in [0.2, 0.25) is 0 Å². The Kier molecular flexibility index (Phi) is 9.56. The summed E-state index contributed by atoms with van der Waals surface area (Å²) in [6, 6.07) is 8.96. The van der Waals surface area contributed by atoms with E-state index in [1.54, 1.807) is 29.2 Å². The van der Waals surface area contributed by atoms with Crippen LogP contribution in [0.1, 0.15) is 72.7 Å². The second kappa shape index (κ2) is 12.6. The Bertz CT molecular complexity index is 1060. The van der Waals surface area contributed by atoms with Gasteiger partial charge in [0.1, 0.15) is 17.7 Å². The number of halogens is 2. The predicted octanol–water partition coefficient (Wildman–Crippen LogP) is 4.91. The van der Waals surface area contributed by atoms with E-state index in [4.69, 9.17) is 4.74 Å².